The molecule has 0 fully saturated rings. The summed E-state index contributed by atoms with van der Waals surface area (Å²) in [6.07, 6.45) is 0.216. The Bertz CT molecular complexity index is 607. The lowest BCUT2D eigenvalue weighted by molar-refractivity contribution is -0.115. The molecule has 0 aliphatic rings. The second kappa shape index (κ2) is 5.86. The van der Waals surface area contributed by atoms with E-state index in [-0.39, 0.29) is 12.3 Å². The van der Waals surface area contributed by atoms with Crippen molar-refractivity contribution in [3.63, 3.8) is 0 Å². The van der Waals surface area contributed by atoms with Crippen LogP contribution in [0.2, 0.25) is 5.02 Å². The van der Waals surface area contributed by atoms with Gasteiger partial charge in [0, 0.05) is 5.02 Å². The molecule has 0 radical (unpaired) electrons. The lowest BCUT2D eigenvalue weighted by Crippen LogP contribution is -2.17. The summed E-state index contributed by atoms with van der Waals surface area (Å²) >= 11 is 7.03. The van der Waals surface area contributed by atoms with Crippen LogP contribution in [0.3, 0.4) is 0 Å². The van der Waals surface area contributed by atoms with Crippen molar-refractivity contribution in [1.29, 1.82) is 0 Å². The van der Waals surface area contributed by atoms with E-state index in [1.807, 2.05) is 0 Å². The van der Waals surface area contributed by atoms with Gasteiger partial charge in [0.15, 0.2) is 0 Å². The molecule has 1 aromatic heterocycles. The van der Waals surface area contributed by atoms with Gasteiger partial charge in [-0.25, -0.2) is 0 Å². The summed E-state index contributed by atoms with van der Waals surface area (Å²) in [6.45, 7) is 0. The molecule has 19 heavy (non-hydrogen) atoms. The Kier molecular flexibility index (Phi) is 4.19. The van der Waals surface area contributed by atoms with Crippen LogP contribution in [0, 0.1) is 0 Å². The van der Waals surface area contributed by atoms with Gasteiger partial charge in [0.1, 0.15) is 5.00 Å². The Hall–Kier alpha value is -1.85. The van der Waals surface area contributed by atoms with Crippen LogP contribution in [0.4, 0.5) is 5.00 Å². The summed E-state index contributed by atoms with van der Waals surface area (Å²) in [5.74, 6) is -0.754. The molecule has 0 spiro atoms. The minimum atomic E-state index is -0.553. The maximum Gasteiger partial charge on any atom is 0.251 e. The molecule has 3 N–H and O–H groups in total. The van der Waals surface area contributed by atoms with Crippen molar-refractivity contribution >= 4 is 39.8 Å². The van der Waals surface area contributed by atoms with Crippen molar-refractivity contribution in [2.45, 2.75) is 6.42 Å². The molecule has 1 aromatic carbocycles. The fourth-order valence-corrected chi connectivity index (χ4v) is 2.49. The number of hydrogen-bond donors (Lipinski definition) is 2. The molecule has 6 heteroatoms. The minimum absolute atomic E-state index is 0.202. The largest absolute Gasteiger partial charge is 0.366 e. The number of anilines is 1. The number of carbonyl (C=O) groups excluding carboxylic acids is 2. The molecule has 0 bridgehead atoms. The normalized spacial score (nSPS) is 10.2. The van der Waals surface area contributed by atoms with Gasteiger partial charge in [-0.1, -0.05) is 23.7 Å². The molecule has 98 valence electrons. The predicted molar refractivity (Wildman–Crippen MR) is 76.6 cm³/mol. The lowest BCUT2D eigenvalue weighted by atomic mass is 10.1. The molecule has 0 saturated carbocycles. The summed E-state index contributed by atoms with van der Waals surface area (Å²) in [6, 6.07) is 8.61. The van der Waals surface area contributed by atoms with E-state index in [2.05, 4.69) is 5.32 Å². The van der Waals surface area contributed by atoms with Crippen LogP contribution in [0.15, 0.2) is 35.7 Å². The second-order valence-electron chi connectivity index (χ2n) is 3.88. The monoisotopic (exact) mass is 294 g/mol. The van der Waals surface area contributed by atoms with E-state index in [1.54, 1.807) is 35.7 Å². The standard InChI is InChI=1S/C13H11ClN2O2S/c14-9-3-1-8(2-4-9)7-11(17)16-13-10(12(15)18)5-6-19-13/h1-6H,7H2,(H2,15,18)(H,16,17). The van der Waals surface area contributed by atoms with Gasteiger partial charge in [-0.15, -0.1) is 11.3 Å². The fraction of sp³-hybridized carbons (Fsp3) is 0.0769. The molecule has 1 heterocycles. The smallest absolute Gasteiger partial charge is 0.251 e. The molecule has 0 aliphatic carbocycles. The highest BCUT2D eigenvalue weighted by atomic mass is 35.5. The quantitative estimate of drug-likeness (QED) is 0.910. The average Bonchev–Trinajstić information content (AvgIpc) is 2.80. The number of primary amides is 1. The molecule has 2 amide bonds. The molecule has 2 rings (SSSR count). The predicted octanol–water partition coefficient (Wildman–Crippen LogP) is 2.68. The van der Waals surface area contributed by atoms with Gasteiger partial charge < -0.3 is 11.1 Å². The van der Waals surface area contributed by atoms with Gasteiger partial charge in [-0.2, -0.15) is 0 Å². The Morgan fingerprint density at radius 1 is 1.21 bits per heavy atom. The summed E-state index contributed by atoms with van der Waals surface area (Å²) in [7, 11) is 0. The molecular formula is C13H11ClN2O2S. The van der Waals surface area contributed by atoms with E-state index in [1.165, 1.54) is 11.3 Å². The Balaban J connectivity index is 2.03. The van der Waals surface area contributed by atoms with E-state index in [0.29, 0.717) is 15.6 Å². The lowest BCUT2D eigenvalue weighted by Gasteiger charge is -2.04. The van der Waals surface area contributed by atoms with E-state index >= 15 is 0 Å². The summed E-state index contributed by atoms with van der Waals surface area (Å²) in [4.78, 5) is 23.0. The number of thiophene rings is 1. The number of nitrogens with one attached hydrogen (secondary N) is 1. The first-order chi connectivity index (χ1) is 9.06. The Morgan fingerprint density at radius 3 is 2.53 bits per heavy atom. The van der Waals surface area contributed by atoms with Gasteiger partial charge in [-0.05, 0) is 29.1 Å². The molecule has 0 unspecified atom stereocenters. The summed E-state index contributed by atoms with van der Waals surface area (Å²) in [5, 5.41) is 5.49. The van der Waals surface area contributed by atoms with Crippen molar-refractivity contribution in [1.82, 2.24) is 0 Å². The SMILES string of the molecule is NC(=O)c1ccsc1NC(=O)Cc1ccc(Cl)cc1. The van der Waals surface area contributed by atoms with E-state index in [4.69, 9.17) is 17.3 Å². The van der Waals surface area contributed by atoms with Gasteiger partial charge >= 0.3 is 0 Å². The first-order valence-corrected chi connectivity index (χ1v) is 6.73. The van der Waals surface area contributed by atoms with E-state index in [0.717, 1.165) is 5.56 Å². The van der Waals surface area contributed by atoms with E-state index < -0.39 is 5.91 Å². The Labute approximate surface area is 119 Å². The third kappa shape index (κ3) is 3.56. The van der Waals surface area contributed by atoms with Gasteiger partial charge in [0.2, 0.25) is 5.91 Å². The van der Waals surface area contributed by atoms with Crippen LogP contribution in [0.1, 0.15) is 15.9 Å². The Morgan fingerprint density at radius 2 is 1.89 bits per heavy atom. The highest BCUT2D eigenvalue weighted by Gasteiger charge is 2.12. The highest BCUT2D eigenvalue weighted by molar-refractivity contribution is 7.14. The van der Waals surface area contributed by atoms with Crippen LogP contribution in [0.25, 0.3) is 0 Å². The van der Waals surface area contributed by atoms with Gasteiger partial charge in [-0.3, -0.25) is 9.59 Å². The number of halogens is 1. The number of amides is 2. The zero-order valence-corrected chi connectivity index (χ0v) is 11.4. The maximum atomic E-state index is 11.9. The zero-order valence-electron chi connectivity index (χ0n) is 9.85. The van der Waals surface area contributed by atoms with Crippen molar-refractivity contribution in [2.24, 2.45) is 5.73 Å². The number of nitrogens with two attached hydrogens (primary N) is 1. The summed E-state index contributed by atoms with van der Waals surface area (Å²) in [5.41, 5.74) is 6.38. The fourth-order valence-electron chi connectivity index (χ4n) is 1.56. The molecule has 2 aromatic rings. The second-order valence-corrected chi connectivity index (χ2v) is 5.23. The zero-order chi connectivity index (χ0) is 13.8. The average molecular weight is 295 g/mol. The number of rotatable bonds is 4. The third-order valence-corrected chi connectivity index (χ3v) is 3.54. The molecular weight excluding hydrogens is 284 g/mol. The number of carbonyl (C=O) groups is 2. The first-order valence-electron chi connectivity index (χ1n) is 5.48. The van der Waals surface area contributed by atoms with Crippen molar-refractivity contribution in [2.75, 3.05) is 5.32 Å². The topological polar surface area (TPSA) is 72.2 Å². The maximum absolute atomic E-state index is 11.9. The first kappa shape index (κ1) is 13.6. The van der Waals surface area contributed by atoms with Crippen molar-refractivity contribution in [3.05, 3.63) is 51.9 Å². The van der Waals surface area contributed by atoms with Crippen LogP contribution in [-0.2, 0) is 11.2 Å². The molecule has 0 saturated heterocycles. The number of benzene rings is 1. The molecule has 4 nitrogen and oxygen atoms in total. The minimum Gasteiger partial charge on any atom is -0.366 e. The van der Waals surface area contributed by atoms with Crippen LogP contribution >= 0.6 is 22.9 Å². The molecule has 0 atom stereocenters. The van der Waals surface area contributed by atoms with Crippen molar-refractivity contribution in [3.8, 4) is 0 Å². The van der Waals surface area contributed by atoms with Gasteiger partial charge in [0.25, 0.3) is 5.91 Å². The van der Waals surface area contributed by atoms with Crippen molar-refractivity contribution < 1.29 is 9.59 Å². The highest BCUT2D eigenvalue weighted by Crippen LogP contribution is 2.22. The summed E-state index contributed by atoms with van der Waals surface area (Å²) < 4.78 is 0. The van der Waals surface area contributed by atoms with E-state index in [9.17, 15) is 9.59 Å². The third-order valence-electron chi connectivity index (χ3n) is 2.46. The van der Waals surface area contributed by atoms with Crippen LogP contribution in [0.5, 0.6) is 0 Å². The van der Waals surface area contributed by atoms with Crippen LogP contribution < -0.4 is 11.1 Å². The molecule has 0 aliphatic heterocycles. The van der Waals surface area contributed by atoms with Gasteiger partial charge in [0.05, 0.1) is 12.0 Å². The van der Waals surface area contributed by atoms with Crippen LogP contribution in [-0.4, -0.2) is 11.8 Å². The number of hydrogen-bond acceptors (Lipinski definition) is 3.